The fraction of sp³-hybridized carbons (Fsp3) is 0.400. The SMILES string of the molecule is CCOc1ccc(C2(NC(=S)Nc3ccc(C)cn3)CCCC2)cc1. The predicted molar refractivity (Wildman–Crippen MR) is 106 cm³/mol. The van der Waals surface area contributed by atoms with E-state index < -0.39 is 0 Å². The summed E-state index contributed by atoms with van der Waals surface area (Å²) in [6.07, 6.45) is 6.38. The fourth-order valence-electron chi connectivity index (χ4n) is 3.41. The topological polar surface area (TPSA) is 46.2 Å². The second kappa shape index (κ2) is 7.83. The average Bonchev–Trinajstić information content (AvgIpc) is 3.07. The van der Waals surface area contributed by atoms with Gasteiger partial charge in [0.05, 0.1) is 12.1 Å². The van der Waals surface area contributed by atoms with E-state index in [1.165, 1.54) is 18.4 Å². The molecule has 0 radical (unpaired) electrons. The zero-order valence-corrected chi connectivity index (χ0v) is 15.7. The van der Waals surface area contributed by atoms with Crippen LogP contribution in [0.4, 0.5) is 5.82 Å². The molecule has 1 fully saturated rings. The maximum Gasteiger partial charge on any atom is 0.172 e. The maximum absolute atomic E-state index is 5.56. The third kappa shape index (κ3) is 4.28. The number of rotatable bonds is 5. The van der Waals surface area contributed by atoms with Gasteiger partial charge >= 0.3 is 0 Å². The summed E-state index contributed by atoms with van der Waals surface area (Å²) in [5.74, 6) is 1.67. The van der Waals surface area contributed by atoms with Crippen molar-refractivity contribution in [3.8, 4) is 5.75 Å². The minimum absolute atomic E-state index is 0.112. The first-order chi connectivity index (χ1) is 12.1. The van der Waals surface area contributed by atoms with Crippen molar-refractivity contribution in [3.63, 3.8) is 0 Å². The molecule has 1 saturated carbocycles. The lowest BCUT2D eigenvalue weighted by Gasteiger charge is -2.32. The first kappa shape index (κ1) is 17.7. The molecule has 5 heteroatoms. The maximum atomic E-state index is 5.56. The van der Waals surface area contributed by atoms with E-state index in [0.717, 1.165) is 30.0 Å². The number of aryl methyl sites for hydroxylation is 1. The van der Waals surface area contributed by atoms with Crippen molar-refractivity contribution >= 4 is 23.1 Å². The Labute approximate surface area is 155 Å². The lowest BCUT2D eigenvalue weighted by molar-refractivity contribution is 0.339. The molecule has 132 valence electrons. The van der Waals surface area contributed by atoms with E-state index in [9.17, 15) is 0 Å². The standard InChI is InChI=1S/C20H25N3OS/c1-3-24-17-9-7-16(8-10-17)20(12-4-5-13-20)23-19(25)22-18-11-6-15(2)14-21-18/h6-11,14H,3-5,12-13H2,1-2H3,(H2,21,22,23,25). The third-order valence-electron chi connectivity index (χ3n) is 4.68. The van der Waals surface area contributed by atoms with Gasteiger partial charge in [-0.25, -0.2) is 4.98 Å². The number of benzene rings is 1. The fourth-order valence-corrected chi connectivity index (χ4v) is 3.71. The first-order valence-electron chi connectivity index (χ1n) is 8.86. The molecule has 1 heterocycles. The molecule has 4 nitrogen and oxygen atoms in total. The molecule has 0 unspecified atom stereocenters. The first-order valence-corrected chi connectivity index (χ1v) is 9.27. The molecule has 1 aliphatic carbocycles. The molecule has 1 aromatic heterocycles. The number of hydrogen-bond acceptors (Lipinski definition) is 3. The minimum Gasteiger partial charge on any atom is -0.494 e. The van der Waals surface area contributed by atoms with Crippen molar-refractivity contribution in [1.29, 1.82) is 0 Å². The Morgan fingerprint density at radius 1 is 1.16 bits per heavy atom. The normalized spacial score (nSPS) is 15.6. The predicted octanol–water partition coefficient (Wildman–Crippen LogP) is 4.54. The lowest BCUT2D eigenvalue weighted by Crippen LogP contribution is -2.45. The number of anilines is 1. The number of pyridine rings is 1. The quantitative estimate of drug-likeness (QED) is 0.771. The number of nitrogens with zero attached hydrogens (tertiary/aromatic N) is 1. The van der Waals surface area contributed by atoms with Crippen molar-refractivity contribution in [2.75, 3.05) is 11.9 Å². The van der Waals surface area contributed by atoms with Gasteiger partial charge in [0, 0.05) is 6.20 Å². The molecule has 3 rings (SSSR count). The van der Waals surface area contributed by atoms with E-state index in [-0.39, 0.29) is 5.54 Å². The Balaban J connectivity index is 1.73. The summed E-state index contributed by atoms with van der Waals surface area (Å²) in [6, 6.07) is 12.3. The molecule has 25 heavy (non-hydrogen) atoms. The van der Waals surface area contributed by atoms with E-state index >= 15 is 0 Å². The summed E-state index contributed by atoms with van der Waals surface area (Å²) < 4.78 is 5.56. The van der Waals surface area contributed by atoms with E-state index in [4.69, 9.17) is 17.0 Å². The summed E-state index contributed by atoms with van der Waals surface area (Å²) >= 11 is 5.56. The number of hydrogen-bond donors (Lipinski definition) is 2. The summed E-state index contributed by atoms with van der Waals surface area (Å²) in [5.41, 5.74) is 2.28. The van der Waals surface area contributed by atoms with Crippen LogP contribution in [0.25, 0.3) is 0 Å². The molecule has 0 spiro atoms. The number of aromatic nitrogens is 1. The number of ether oxygens (including phenoxy) is 1. The van der Waals surface area contributed by atoms with Crippen LogP contribution < -0.4 is 15.4 Å². The molecular formula is C20H25N3OS. The van der Waals surface area contributed by atoms with Crippen LogP contribution in [0.2, 0.25) is 0 Å². The van der Waals surface area contributed by atoms with Crippen molar-refractivity contribution in [3.05, 3.63) is 53.7 Å². The molecule has 0 amide bonds. The van der Waals surface area contributed by atoms with Crippen molar-refractivity contribution in [2.24, 2.45) is 0 Å². The Hall–Kier alpha value is -2.14. The highest BCUT2D eigenvalue weighted by Crippen LogP contribution is 2.39. The molecule has 0 aliphatic heterocycles. The molecular weight excluding hydrogens is 330 g/mol. The van der Waals surface area contributed by atoms with Gasteiger partial charge in [-0.3, -0.25) is 0 Å². The Morgan fingerprint density at radius 3 is 2.48 bits per heavy atom. The zero-order chi connectivity index (χ0) is 17.7. The van der Waals surface area contributed by atoms with Gasteiger partial charge in [-0.05, 0) is 68.2 Å². The van der Waals surface area contributed by atoms with Crippen molar-refractivity contribution < 1.29 is 4.74 Å². The van der Waals surface area contributed by atoms with Gasteiger partial charge in [-0.1, -0.05) is 31.0 Å². The van der Waals surface area contributed by atoms with Crippen LogP contribution in [-0.4, -0.2) is 16.7 Å². The zero-order valence-electron chi connectivity index (χ0n) is 14.8. The summed E-state index contributed by atoms with van der Waals surface area (Å²) in [4.78, 5) is 4.37. The van der Waals surface area contributed by atoms with Crippen LogP contribution >= 0.6 is 12.2 Å². The minimum atomic E-state index is -0.112. The molecule has 0 atom stereocenters. The Kier molecular flexibility index (Phi) is 5.53. The number of thiocarbonyl (C=S) groups is 1. The monoisotopic (exact) mass is 355 g/mol. The van der Waals surface area contributed by atoms with Crippen molar-refractivity contribution in [1.82, 2.24) is 10.3 Å². The second-order valence-corrected chi connectivity index (χ2v) is 6.95. The van der Waals surface area contributed by atoms with Gasteiger partial charge in [0.15, 0.2) is 5.11 Å². The van der Waals surface area contributed by atoms with Gasteiger partial charge in [-0.2, -0.15) is 0 Å². The number of nitrogens with one attached hydrogen (secondary N) is 2. The largest absolute Gasteiger partial charge is 0.494 e. The molecule has 1 aliphatic rings. The average molecular weight is 356 g/mol. The molecule has 2 N–H and O–H groups in total. The van der Waals surface area contributed by atoms with Crippen LogP contribution in [0.5, 0.6) is 5.75 Å². The highest BCUT2D eigenvalue weighted by molar-refractivity contribution is 7.80. The summed E-state index contributed by atoms with van der Waals surface area (Å²) in [5, 5.41) is 7.39. The van der Waals surface area contributed by atoms with E-state index in [0.29, 0.717) is 11.7 Å². The smallest absolute Gasteiger partial charge is 0.172 e. The van der Waals surface area contributed by atoms with Gasteiger partial charge in [0.1, 0.15) is 11.6 Å². The highest BCUT2D eigenvalue weighted by atomic mass is 32.1. The van der Waals surface area contributed by atoms with Crippen LogP contribution in [0.15, 0.2) is 42.6 Å². The molecule has 0 bridgehead atoms. The summed E-state index contributed by atoms with van der Waals surface area (Å²) in [7, 11) is 0. The van der Waals surface area contributed by atoms with Crippen molar-refractivity contribution in [2.45, 2.75) is 45.1 Å². The highest BCUT2D eigenvalue weighted by Gasteiger charge is 2.36. The van der Waals surface area contributed by atoms with Crippen LogP contribution in [0.3, 0.4) is 0 Å². The second-order valence-electron chi connectivity index (χ2n) is 6.55. The van der Waals surface area contributed by atoms with E-state index in [1.807, 2.05) is 44.3 Å². The van der Waals surface area contributed by atoms with Crippen LogP contribution in [0, 0.1) is 6.92 Å². The molecule has 0 saturated heterocycles. The molecule has 2 aromatic rings. The Morgan fingerprint density at radius 2 is 1.88 bits per heavy atom. The third-order valence-corrected chi connectivity index (χ3v) is 4.88. The van der Waals surface area contributed by atoms with Gasteiger partial charge in [0.25, 0.3) is 0 Å². The van der Waals surface area contributed by atoms with Crippen LogP contribution in [-0.2, 0) is 5.54 Å². The Bertz CT molecular complexity index is 707. The molecule has 1 aromatic carbocycles. The lowest BCUT2D eigenvalue weighted by atomic mass is 9.88. The summed E-state index contributed by atoms with van der Waals surface area (Å²) in [6.45, 7) is 4.70. The van der Waals surface area contributed by atoms with Crippen LogP contribution in [0.1, 0.15) is 43.7 Å². The van der Waals surface area contributed by atoms with Gasteiger partial charge < -0.3 is 15.4 Å². The van der Waals surface area contributed by atoms with E-state index in [1.54, 1.807) is 0 Å². The van der Waals surface area contributed by atoms with Gasteiger partial charge in [0.2, 0.25) is 0 Å². The van der Waals surface area contributed by atoms with Gasteiger partial charge in [-0.15, -0.1) is 0 Å². The van der Waals surface area contributed by atoms with E-state index in [2.05, 4.69) is 27.8 Å².